The zero-order valence-corrected chi connectivity index (χ0v) is 15.5. The summed E-state index contributed by atoms with van der Waals surface area (Å²) in [5.74, 6) is 1.05. The lowest BCUT2D eigenvalue weighted by atomic mass is 9.96. The molecule has 0 saturated carbocycles. The largest absolute Gasteiger partial charge is 0.493 e. The van der Waals surface area contributed by atoms with E-state index in [-0.39, 0.29) is 11.7 Å². The molecule has 0 bridgehead atoms. The number of hydrogen-bond donors (Lipinski definition) is 1. The summed E-state index contributed by atoms with van der Waals surface area (Å²) in [4.78, 5) is 23.9. The van der Waals surface area contributed by atoms with Gasteiger partial charge in [-0.25, -0.2) is 0 Å². The van der Waals surface area contributed by atoms with Gasteiger partial charge in [0.05, 0.1) is 14.2 Å². The number of carbonyl (C=O) groups excluding carboxylic acids is 2. The van der Waals surface area contributed by atoms with Crippen LogP contribution < -0.4 is 14.8 Å². The van der Waals surface area contributed by atoms with Crippen LogP contribution in [0.2, 0.25) is 0 Å². The second kappa shape index (κ2) is 9.61. The number of nitrogens with one attached hydrogen (secondary N) is 1. The van der Waals surface area contributed by atoms with E-state index in [1.54, 1.807) is 20.3 Å². The highest BCUT2D eigenvalue weighted by atomic mass is 16.5. The van der Waals surface area contributed by atoms with Gasteiger partial charge in [0.25, 0.3) is 0 Å². The molecule has 0 heterocycles. The van der Waals surface area contributed by atoms with Gasteiger partial charge in [0.1, 0.15) is 0 Å². The van der Waals surface area contributed by atoms with E-state index in [2.05, 4.69) is 5.32 Å². The Kier molecular flexibility index (Phi) is 7.21. The molecule has 0 aliphatic carbocycles. The summed E-state index contributed by atoms with van der Waals surface area (Å²) >= 11 is 0. The molecule has 2 aromatic carbocycles. The van der Waals surface area contributed by atoms with Gasteiger partial charge in [-0.2, -0.15) is 0 Å². The highest BCUT2D eigenvalue weighted by Gasteiger charge is 2.17. The molecule has 0 atom stereocenters. The van der Waals surface area contributed by atoms with Crippen LogP contribution in [0.4, 0.5) is 0 Å². The van der Waals surface area contributed by atoms with Crippen molar-refractivity contribution in [3.63, 3.8) is 0 Å². The fourth-order valence-electron chi connectivity index (χ4n) is 2.80. The fraction of sp³-hybridized carbons (Fsp3) is 0.333. The molecular weight excluding hydrogens is 330 g/mol. The van der Waals surface area contributed by atoms with Crippen LogP contribution in [0.1, 0.15) is 34.8 Å². The lowest BCUT2D eigenvalue weighted by Gasteiger charge is -2.15. The molecule has 1 amide bonds. The van der Waals surface area contributed by atoms with Gasteiger partial charge in [0.15, 0.2) is 17.3 Å². The molecule has 0 radical (unpaired) electrons. The molecule has 0 aliphatic rings. The number of aryl methyl sites for hydroxylation is 1. The first-order valence-electron chi connectivity index (χ1n) is 8.61. The summed E-state index contributed by atoms with van der Waals surface area (Å²) in [6.07, 6.45) is 1.64. The number of hydrogen-bond acceptors (Lipinski definition) is 4. The van der Waals surface area contributed by atoms with E-state index in [0.29, 0.717) is 42.9 Å². The number of amides is 1. The van der Waals surface area contributed by atoms with Crippen LogP contribution in [0.15, 0.2) is 42.5 Å². The molecular formula is C21H25NO4. The number of carbonyl (C=O) groups is 2. The zero-order chi connectivity index (χ0) is 18.9. The minimum atomic E-state index is -0.0950. The summed E-state index contributed by atoms with van der Waals surface area (Å²) in [6.45, 7) is 1.93. The fourth-order valence-corrected chi connectivity index (χ4v) is 2.80. The van der Waals surface area contributed by atoms with Gasteiger partial charge >= 0.3 is 0 Å². The predicted octanol–water partition coefficient (Wildman–Crippen LogP) is 3.20. The van der Waals surface area contributed by atoms with Crippen molar-refractivity contribution in [1.82, 2.24) is 5.32 Å². The minimum absolute atomic E-state index is 0.0487. The Hall–Kier alpha value is -2.82. The van der Waals surface area contributed by atoms with E-state index in [0.717, 1.165) is 11.1 Å². The number of Topliss-reactive ketones (excluding diaryl/α,β-unsaturated/α-hetero) is 1. The maximum Gasteiger partial charge on any atom is 0.216 e. The Balaban J connectivity index is 2.21. The molecule has 2 rings (SSSR count). The molecule has 26 heavy (non-hydrogen) atoms. The minimum Gasteiger partial charge on any atom is -0.493 e. The number of methoxy groups -OCH3 is 2. The number of ether oxygens (including phenoxy) is 2. The van der Waals surface area contributed by atoms with Crippen molar-refractivity contribution in [1.29, 1.82) is 0 Å². The van der Waals surface area contributed by atoms with E-state index < -0.39 is 0 Å². The van der Waals surface area contributed by atoms with Crippen LogP contribution >= 0.6 is 0 Å². The van der Waals surface area contributed by atoms with E-state index >= 15 is 0 Å². The van der Waals surface area contributed by atoms with Crippen LogP contribution in [0, 0.1) is 0 Å². The van der Waals surface area contributed by atoms with Gasteiger partial charge in [0, 0.05) is 25.5 Å². The van der Waals surface area contributed by atoms with Crippen LogP contribution in [0.5, 0.6) is 11.5 Å². The standard InChI is InChI=1S/C21H25NO4/c1-15(23)22-12-11-17-13-20(25-2)21(26-3)14-18(17)19(24)10-9-16-7-5-4-6-8-16/h4-8,13-14H,9-12H2,1-3H3,(H,22,23). The molecule has 5 nitrogen and oxygen atoms in total. The average molecular weight is 355 g/mol. The van der Waals surface area contributed by atoms with Crippen molar-refractivity contribution in [2.24, 2.45) is 0 Å². The second-order valence-electron chi connectivity index (χ2n) is 6.01. The monoisotopic (exact) mass is 355 g/mol. The molecule has 138 valence electrons. The third-order valence-corrected chi connectivity index (χ3v) is 4.16. The highest BCUT2D eigenvalue weighted by molar-refractivity contribution is 5.98. The first-order valence-corrected chi connectivity index (χ1v) is 8.61. The maximum absolute atomic E-state index is 12.8. The highest BCUT2D eigenvalue weighted by Crippen LogP contribution is 2.31. The van der Waals surface area contributed by atoms with Crippen LogP contribution in [0.25, 0.3) is 0 Å². The third kappa shape index (κ3) is 5.34. The Labute approximate surface area is 154 Å². The van der Waals surface area contributed by atoms with Crippen LogP contribution in [-0.2, 0) is 17.6 Å². The third-order valence-electron chi connectivity index (χ3n) is 4.16. The summed E-state index contributed by atoms with van der Waals surface area (Å²) in [6, 6.07) is 13.5. The number of rotatable bonds is 9. The first kappa shape index (κ1) is 19.5. The van der Waals surface area contributed by atoms with Crippen molar-refractivity contribution in [2.75, 3.05) is 20.8 Å². The van der Waals surface area contributed by atoms with E-state index in [9.17, 15) is 9.59 Å². The average Bonchev–Trinajstić information content (AvgIpc) is 2.66. The normalized spacial score (nSPS) is 10.3. The molecule has 2 aromatic rings. The van der Waals surface area contributed by atoms with Gasteiger partial charge in [-0.1, -0.05) is 30.3 Å². The number of benzene rings is 2. The molecule has 5 heteroatoms. The second-order valence-corrected chi connectivity index (χ2v) is 6.01. The Morgan fingerprint density at radius 1 is 0.962 bits per heavy atom. The van der Waals surface area contributed by atoms with Crippen molar-refractivity contribution in [3.05, 3.63) is 59.2 Å². The smallest absolute Gasteiger partial charge is 0.216 e. The summed E-state index contributed by atoms with van der Waals surface area (Å²) < 4.78 is 10.7. The lowest BCUT2D eigenvalue weighted by Crippen LogP contribution is -2.23. The summed E-state index contributed by atoms with van der Waals surface area (Å²) in [5.41, 5.74) is 2.58. The molecule has 0 aliphatic heterocycles. The number of ketones is 1. The van der Waals surface area contributed by atoms with Gasteiger partial charge in [-0.05, 0) is 36.1 Å². The lowest BCUT2D eigenvalue weighted by molar-refractivity contribution is -0.118. The first-order chi connectivity index (χ1) is 12.5. The molecule has 0 fully saturated rings. The molecule has 0 unspecified atom stereocenters. The van der Waals surface area contributed by atoms with Gasteiger partial charge in [-0.15, -0.1) is 0 Å². The molecule has 0 spiro atoms. The predicted molar refractivity (Wildman–Crippen MR) is 101 cm³/mol. The van der Waals surface area contributed by atoms with Gasteiger partial charge < -0.3 is 14.8 Å². The molecule has 1 N–H and O–H groups in total. The van der Waals surface area contributed by atoms with Gasteiger partial charge in [0.2, 0.25) is 5.91 Å². The van der Waals surface area contributed by atoms with Crippen molar-refractivity contribution >= 4 is 11.7 Å². The van der Waals surface area contributed by atoms with Crippen molar-refractivity contribution in [3.8, 4) is 11.5 Å². The Morgan fingerprint density at radius 2 is 1.62 bits per heavy atom. The van der Waals surface area contributed by atoms with Crippen molar-refractivity contribution in [2.45, 2.75) is 26.2 Å². The van der Waals surface area contributed by atoms with Crippen LogP contribution in [-0.4, -0.2) is 32.5 Å². The quantitative estimate of drug-likeness (QED) is 0.702. The maximum atomic E-state index is 12.8. The van der Waals surface area contributed by atoms with Crippen molar-refractivity contribution < 1.29 is 19.1 Å². The molecule has 0 saturated heterocycles. The topological polar surface area (TPSA) is 64.6 Å². The van der Waals surface area contributed by atoms with E-state index in [4.69, 9.17) is 9.47 Å². The van der Waals surface area contributed by atoms with E-state index in [1.807, 2.05) is 36.4 Å². The Bertz CT molecular complexity index is 756. The molecule has 0 aromatic heterocycles. The SMILES string of the molecule is COc1cc(CCNC(C)=O)c(C(=O)CCc2ccccc2)cc1OC. The Morgan fingerprint density at radius 3 is 2.23 bits per heavy atom. The van der Waals surface area contributed by atoms with E-state index in [1.165, 1.54) is 6.92 Å². The zero-order valence-electron chi connectivity index (χ0n) is 15.5. The summed E-state index contributed by atoms with van der Waals surface area (Å²) in [5, 5.41) is 2.76. The summed E-state index contributed by atoms with van der Waals surface area (Å²) in [7, 11) is 3.11. The van der Waals surface area contributed by atoms with Gasteiger partial charge in [-0.3, -0.25) is 9.59 Å². The van der Waals surface area contributed by atoms with Crippen LogP contribution in [0.3, 0.4) is 0 Å².